The van der Waals surface area contributed by atoms with Crippen molar-refractivity contribution in [1.29, 1.82) is 0 Å². The predicted octanol–water partition coefficient (Wildman–Crippen LogP) is 10.9. The molecule has 0 bridgehead atoms. The molecule has 2 atom stereocenters. The Morgan fingerprint density at radius 1 is 0.758 bits per heavy atom. The van der Waals surface area contributed by atoms with Crippen LogP contribution >= 0.6 is 0 Å². The van der Waals surface area contributed by atoms with Gasteiger partial charge >= 0.3 is 137 Å². The first-order valence-electron chi connectivity index (χ1n) is 22.9. The number of hydrogen-bond donors (Lipinski definition) is 0. The van der Waals surface area contributed by atoms with E-state index in [2.05, 4.69) is 138 Å². The fourth-order valence-electron chi connectivity index (χ4n) is 10.9. The molecule has 9 heteroatoms. The largest absolute Gasteiger partial charge is 1.00 e. The predicted molar refractivity (Wildman–Crippen MR) is 250 cm³/mol. The van der Waals surface area contributed by atoms with E-state index in [1.54, 1.807) is 28.2 Å². The number of hydrogen-bond acceptors (Lipinski definition) is 0. The van der Waals surface area contributed by atoms with E-state index in [4.69, 9.17) is 0 Å². The third kappa shape index (κ3) is 10.2. The second kappa shape index (κ2) is 20.2. The Bertz CT molecular complexity index is 2370. The summed E-state index contributed by atoms with van der Waals surface area (Å²) in [6.07, 6.45) is 3.53. The number of aryl methyl sites for hydroxylation is 1. The van der Waals surface area contributed by atoms with Crippen LogP contribution in [0.15, 0.2) is 120 Å². The van der Waals surface area contributed by atoms with E-state index in [0.29, 0.717) is 25.7 Å². The van der Waals surface area contributed by atoms with Crippen molar-refractivity contribution < 1.29 is 75.4 Å². The molecule has 4 aromatic rings. The Labute approximate surface area is 418 Å². The molecular formula is C57H66Cl2F6Zr-2. The first-order chi connectivity index (χ1) is 29.6. The molecule has 0 saturated heterocycles. The molecule has 0 radical (unpaired) electrons. The molecular weight excluding hydrogens is 961 g/mol. The fourth-order valence-corrected chi connectivity index (χ4v) is 11.7. The topological polar surface area (TPSA) is 0 Å². The van der Waals surface area contributed by atoms with E-state index >= 15 is 0 Å². The molecule has 4 aliphatic carbocycles. The summed E-state index contributed by atoms with van der Waals surface area (Å²) >= 11 is 0.898. The molecule has 0 N–H and O–H groups in total. The minimum Gasteiger partial charge on any atom is -1.00 e. The monoisotopic (exact) mass is 1020 g/mol. The normalized spacial score (nSPS) is 21.1. The van der Waals surface area contributed by atoms with Gasteiger partial charge in [-0.2, -0.15) is 34.4 Å². The maximum Gasteiger partial charge on any atom is -1.00 e. The molecule has 66 heavy (non-hydrogen) atoms. The summed E-state index contributed by atoms with van der Waals surface area (Å²) < 4.78 is 75.6. The van der Waals surface area contributed by atoms with Gasteiger partial charge in [-0.25, -0.2) is 12.0 Å². The zero-order valence-electron chi connectivity index (χ0n) is 40.7. The molecule has 0 spiro atoms. The third-order valence-electron chi connectivity index (χ3n) is 16.3. The van der Waals surface area contributed by atoms with E-state index in [-0.39, 0.29) is 46.5 Å². The summed E-state index contributed by atoms with van der Waals surface area (Å²) in [5.74, 6) is 2.24. The van der Waals surface area contributed by atoms with Crippen molar-refractivity contribution in [2.24, 2.45) is 27.6 Å². The van der Waals surface area contributed by atoms with Gasteiger partial charge in [-0.05, 0) is 40.6 Å². The van der Waals surface area contributed by atoms with E-state index in [0.717, 1.165) is 54.9 Å². The number of alkyl halides is 6. The first kappa shape index (κ1) is 55.6. The number of unbranched alkanes of at least 4 members (excludes halogenated alkanes) is 1. The Morgan fingerprint density at radius 2 is 1.29 bits per heavy atom. The van der Waals surface area contributed by atoms with Crippen molar-refractivity contribution in [1.82, 2.24) is 0 Å². The Hall–Kier alpha value is -2.99. The number of allylic oxidation sites excluding steroid dienone is 6. The van der Waals surface area contributed by atoms with Gasteiger partial charge in [0.25, 0.3) is 0 Å². The van der Waals surface area contributed by atoms with Crippen LogP contribution in [-0.2, 0) is 54.8 Å². The molecule has 8 rings (SSSR count). The second-order valence-corrected chi connectivity index (χ2v) is 22.4. The van der Waals surface area contributed by atoms with Crippen molar-refractivity contribution >= 4 is 8.78 Å². The number of halogens is 8. The Balaban J connectivity index is 0.000000229. The smallest absolute Gasteiger partial charge is 1.00 e. The summed E-state index contributed by atoms with van der Waals surface area (Å²) in [4.78, 5) is 0. The van der Waals surface area contributed by atoms with Crippen molar-refractivity contribution in [3.8, 4) is 0 Å². The van der Waals surface area contributed by atoms with Crippen molar-refractivity contribution in [3.63, 3.8) is 0 Å². The average Bonchev–Trinajstić information content (AvgIpc) is 3.88. The van der Waals surface area contributed by atoms with Crippen LogP contribution in [0.1, 0.15) is 153 Å². The van der Waals surface area contributed by atoms with Crippen LogP contribution in [0.4, 0.5) is 26.3 Å². The summed E-state index contributed by atoms with van der Waals surface area (Å²) in [6, 6.07) is 25.2. The van der Waals surface area contributed by atoms with Gasteiger partial charge in [-0.1, -0.05) is 166 Å². The molecule has 0 aromatic heterocycles. The van der Waals surface area contributed by atoms with Gasteiger partial charge in [-0.15, -0.1) is 6.92 Å². The fraction of sp³-hybridized carbons (Fsp3) is 0.456. The van der Waals surface area contributed by atoms with Crippen LogP contribution in [0.3, 0.4) is 0 Å². The van der Waals surface area contributed by atoms with Gasteiger partial charge in [0.15, 0.2) is 0 Å². The summed E-state index contributed by atoms with van der Waals surface area (Å²) in [7, 11) is 0. The van der Waals surface area contributed by atoms with Gasteiger partial charge < -0.3 is 24.8 Å². The number of benzene rings is 3. The van der Waals surface area contributed by atoms with Crippen molar-refractivity contribution in [2.75, 3.05) is 0 Å². The van der Waals surface area contributed by atoms with Crippen LogP contribution in [0.2, 0.25) is 0 Å². The zero-order valence-corrected chi connectivity index (χ0v) is 44.6. The summed E-state index contributed by atoms with van der Waals surface area (Å²) in [6.45, 7) is 29.3. The molecule has 0 nitrogen and oxygen atoms in total. The van der Waals surface area contributed by atoms with Crippen LogP contribution < -0.4 is 24.8 Å². The quantitative estimate of drug-likeness (QED) is 0.138. The molecule has 1 saturated carbocycles. The molecule has 0 aliphatic heterocycles. The van der Waals surface area contributed by atoms with E-state index in [1.807, 2.05) is 0 Å². The SMILES string of the molecule is CCCCc1cc(C(C)(C)C)c[cH-]1.C[C-]1C2=C3Cc4ccccc4C3=C3C=CCCC3C2(C)C(C)(C)C(C)(C)C1(C)C.FC(F)(F)c1ccc([C](=[Zr+2])c2ccc(C(F)(F)F)cc2)cc1.[Cl-].[Cl-]. The number of fused-ring (bicyclic) bond motifs is 6. The van der Waals surface area contributed by atoms with E-state index < -0.39 is 23.5 Å². The third-order valence-corrected chi connectivity index (χ3v) is 17.7. The molecule has 4 aromatic carbocycles. The summed E-state index contributed by atoms with van der Waals surface area (Å²) in [5, 5.41) is 0. The Kier molecular flexibility index (Phi) is 17.0. The maximum atomic E-state index is 12.5. The van der Waals surface area contributed by atoms with Crippen molar-refractivity contribution in [3.05, 3.63) is 170 Å². The van der Waals surface area contributed by atoms with Crippen molar-refractivity contribution in [2.45, 2.75) is 139 Å². The zero-order chi connectivity index (χ0) is 47.4. The average molecular weight is 1030 g/mol. The van der Waals surface area contributed by atoms with Gasteiger partial charge in [0.2, 0.25) is 0 Å². The molecule has 4 aliphatic rings. The van der Waals surface area contributed by atoms with Gasteiger partial charge in [0.05, 0.1) is 0 Å². The Morgan fingerprint density at radius 3 is 1.77 bits per heavy atom. The molecule has 0 heterocycles. The molecule has 1 fully saturated rings. The van der Waals surface area contributed by atoms with E-state index in [1.165, 1.54) is 78.6 Å². The molecule has 2 unspecified atom stereocenters. The minimum absolute atomic E-state index is 0. The molecule has 0 amide bonds. The first-order valence-corrected chi connectivity index (χ1v) is 24.1. The van der Waals surface area contributed by atoms with Gasteiger partial charge in [0, 0.05) is 0 Å². The summed E-state index contributed by atoms with van der Waals surface area (Å²) in [5.41, 5.74) is 13.2. The molecule has 356 valence electrons. The standard InChI is InChI=1S/C29H37.C15H8F6.C13H21.2ClH.Zr/c1-18-25-22-17-19-13-9-10-14-20(19)24(22)21-15-11-12-16-23(21)29(25,8)28(6,7)27(4,5)26(18,2)3;16-14(17,18)12-5-1-10(2-6-12)9-11-3-7-13(8-4-11)15(19,20)21;1-5-6-7-11-8-9-12(10-11)13(2,3)4;;;/h9-11,13-15,23H,12,16-17H2,1-8H3;1-8H;8-10H,5-7H2,1-4H3;2*1H;/q-1;;-1;;;+2/p-2. The minimum atomic E-state index is -4.41. The van der Waals surface area contributed by atoms with Gasteiger partial charge in [-0.3, -0.25) is 0 Å². The maximum absolute atomic E-state index is 12.5. The van der Waals surface area contributed by atoms with E-state index in [9.17, 15) is 26.3 Å². The second-order valence-electron chi connectivity index (χ2n) is 21.1. The van der Waals surface area contributed by atoms with Crippen LogP contribution in [-0.4, -0.2) is 3.21 Å². The van der Waals surface area contributed by atoms with Crippen LogP contribution in [0, 0.1) is 33.5 Å². The van der Waals surface area contributed by atoms with Gasteiger partial charge in [0.1, 0.15) is 0 Å². The van der Waals surface area contributed by atoms with Crippen LogP contribution in [0.25, 0.3) is 5.57 Å². The van der Waals surface area contributed by atoms with Crippen LogP contribution in [0.5, 0.6) is 0 Å². The number of rotatable bonds is 5.